The number of thioether (sulfide) groups is 1. The molecule has 0 bridgehead atoms. The van der Waals surface area contributed by atoms with E-state index < -0.39 is 0 Å². The molecule has 92 valence electrons. The van der Waals surface area contributed by atoms with E-state index in [1.807, 2.05) is 30.4 Å². The van der Waals surface area contributed by atoms with Gasteiger partial charge in [0.2, 0.25) is 0 Å². The van der Waals surface area contributed by atoms with Gasteiger partial charge in [0.1, 0.15) is 0 Å². The summed E-state index contributed by atoms with van der Waals surface area (Å²) in [6.45, 7) is 2.01. The molecule has 1 aliphatic carbocycles. The van der Waals surface area contributed by atoms with Gasteiger partial charge in [-0.15, -0.1) is 11.8 Å². The van der Waals surface area contributed by atoms with Gasteiger partial charge in [0.15, 0.2) is 0 Å². The molecule has 2 atom stereocenters. The number of aryl methyl sites for hydroxylation is 2. The van der Waals surface area contributed by atoms with Gasteiger partial charge in [-0.1, -0.05) is 19.3 Å². The van der Waals surface area contributed by atoms with Gasteiger partial charge in [-0.2, -0.15) is 10.4 Å². The van der Waals surface area contributed by atoms with E-state index in [9.17, 15) is 5.26 Å². The Hall–Kier alpha value is -0.950. The molecule has 2 unspecified atom stereocenters. The van der Waals surface area contributed by atoms with Gasteiger partial charge in [0.25, 0.3) is 0 Å². The molecule has 0 aromatic carbocycles. The first-order valence-electron chi connectivity index (χ1n) is 6.27. The van der Waals surface area contributed by atoms with Crippen molar-refractivity contribution in [3.8, 4) is 6.07 Å². The van der Waals surface area contributed by atoms with Crippen molar-refractivity contribution in [2.75, 3.05) is 0 Å². The maximum atomic E-state index is 9.25. The van der Waals surface area contributed by atoms with Crippen molar-refractivity contribution >= 4 is 11.8 Å². The molecule has 1 aromatic rings. The second-order valence-corrected chi connectivity index (χ2v) is 6.04. The summed E-state index contributed by atoms with van der Waals surface area (Å²) >= 11 is 1.84. The molecule has 0 radical (unpaired) electrons. The Balaban J connectivity index is 2.10. The Bertz CT molecular complexity index is 419. The van der Waals surface area contributed by atoms with Crippen molar-refractivity contribution in [3.05, 3.63) is 11.8 Å². The van der Waals surface area contributed by atoms with Crippen LogP contribution in [0.15, 0.2) is 11.1 Å². The molecule has 1 saturated carbocycles. The van der Waals surface area contributed by atoms with Gasteiger partial charge in [0, 0.05) is 12.3 Å². The second-order valence-electron chi connectivity index (χ2n) is 4.78. The minimum absolute atomic E-state index is 0.206. The highest BCUT2D eigenvalue weighted by Crippen LogP contribution is 2.36. The Morgan fingerprint density at radius 1 is 1.41 bits per heavy atom. The van der Waals surface area contributed by atoms with Gasteiger partial charge in [-0.25, -0.2) is 0 Å². The van der Waals surface area contributed by atoms with E-state index in [4.69, 9.17) is 0 Å². The molecule has 4 heteroatoms. The van der Waals surface area contributed by atoms with Crippen molar-refractivity contribution in [1.29, 1.82) is 5.26 Å². The van der Waals surface area contributed by atoms with Crippen LogP contribution >= 0.6 is 11.8 Å². The molecule has 3 nitrogen and oxygen atoms in total. The fraction of sp³-hybridized carbons (Fsp3) is 0.692. The lowest BCUT2D eigenvalue weighted by molar-refractivity contribution is 0.582. The predicted octanol–water partition coefficient (Wildman–Crippen LogP) is 3.29. The molecule has 0 saturated heterocycles. The summed E-state index contributed by atoms with van der Waals surface area (Å²) in [5.41, 5.74) is 1.05. The quantitative estimate of drug-likeness (QED) is 0.755. The standard InChI is InChI=1S/C13H19N3S/c1-10-8-13(16(2)15-10)17-12-7-5-3-4-6-11(12)9-14/h8,11-12H,3-7H2,1-2H3. The maximum absolute atomic E-state index is 9.25. The van der Waals surface area contributed by atoms with Crippen LogP contribution in [0.2, 0.25) is 0 Å². The van der Waals surface area contributed by atoms with Crippen molar-refractivity contribution in [1.82, 2.24) is 9.78 Å². The van der Waals surface area contributed by atoms with Crippen LogP contribution < -0.4 is 0 Å². The summed E-state index contributed by atoms with van der Waals surface area (Å²) in [5.74, 6) is 0.206. The number of nitriles is 1. The molecular formula is C13H19N3S. The smallest absolute Gasteiger partial charge is 0.0942 e. The number of rotatable bonds is 2. The van der Waals surface area contributed by atoms with Gasteiger partial charge < -0.3 is 0 Å². The summed E-state index contributed by atoms with van der Waals surface area (Å²) in [5, 5.41) is 15.2. The lowest BCUT2D eigenvalue weighted by atomic mass is 10.0. The number of nitrogens with zero attached hydrogens (tertiary/aromatic N) is 3. The van der Waals surface area contributed by atoms with Crippen molar-refractivity contribution < 1.29 is 0 Å². The minimum Gasteiger partial charge on any atom is -0.262 e. The third kappa shape index (κ3) is 3.04. The third-order valence-electron chi connectivity index (χ3n) is 3.35. The molecule has 0 spiro atoms. The lowest BCUT2D eigenvalue weighted by Gasteiger charge is -2.18. The normalized spacial score (nSPS) is 25.2. The number of hydrogen-bond acceptors (Lipinski definition) is 3. The average molecular weight is 249 g/mol. The van der Waals surface area contributed by atoms with Crippen LogP contribution in [-0.2, 0) is 7.05 Å². The fourth-order valence-corrected chi connectivity index (χ4v) is 3.80. The Morgan fingerprint density at radius 2 is 2.18 bits per heavy atom. The molecule has 1 aromatic heterocycles. The average Bonchev–Trinajstić information content (AvgIpc) is 2.52. The zero-order valence-corrected chi connectivity index (χ0v) is 11.3. The Labute approximate surface area is 107 Å². The summed E-state index contributed by atoms with van der Waals surface area (Å²) in [4.78, 5) is 0. The third-order valence-corrected chi connectivity index (χ3v) is 4.84. The highest BCUT2D eigenvalue weighted by atomic mass is 32.2. The maximum Gasteiger partial charge on any atom is 0.0942 e. The van der Waals surface area contributed by atoms with Crippen LogP contribution in [0, 0.1) is 24.2 Å². The van der Waals surface area contributed by atoms with Gasteiger partial charge in [-0.3, -0.25) is 4.68 Å². The van der Waals surface area contributed by atoms with Crippen LogP contribution in [-0.4, -0.2) is 15.0 Å². The highest BCUT2D eigenvalue weighted by Gasteiger charge is 2.25. The van der Waals surface area contributed by atoms with Crippen molar-refractivity contribution in [2.45, 2.75) is 49.3 Å². The molecule has 17 heavy (non-hydrogen) atoms. The van der Waals surface area contributed by atoms with E-state index >= 15 is 0 Å². The number of hydrogen-bond donors (Lipinski definition) is 0. The summed E-state index contributed by atoms with van der Waals surface area (Å²) in [6, 6.07) is 4.61. The molecule has 0 aliphatic heterocycles. The summed E-state index contributed by atoms with van der Waals surface area (Å²) < 4.78 is 1.93. The first-order valence-corrected chi connectivity index (χ1v) is 7.15. The second kappa shape index (κ2) is 5.59. The largest absolute Gasteiger partial charge is 0.262 e. The van der Waals surface area contributed by atoms with E-state index in [0.717, 1.165) is 18.5 Å². The minimum atomic E-state index is 0.206. The van der Waals surface area contributed by atoms with E-state index in [2.05, 4.69) is 17.2 Å². The van der Waals surface area contributed by atoms with E-state index in [1.54, 1.807) is 0 Å². The van der Waals surface area contributed by atoms with Crippen molar-refractivity contribution in [3.63, 3.8) is 0 Å². The van der Waals surface area contributed by atoms with Crippen molar-refractivity contribution in [2.24, 2.45) is 13.0 Å². The summed E-state index contributed by atoms with van der Waals surface area (Å²) in [7, 11) is 1.98. The zero-order chi connectivity index (χ0) is 12.3. The van der Waals surface area contributed by atoms with E-state index in [-0.39, 0.29) is 5.92 Å². The lowest BCUT2D eigenvalue weighted by Crippen LogP contribution is -2.14. The van der Waals surface area contributed by atoms with Gasteiger partial charge >= 0.3 is 0 Å². The van der Waals surface area contributed by atoms with Crippen LogP contribution in [0.25, 0.3) is 0 Å². The molecule has 1 fully saturated rings. The zero-order valence-electron chi connectivity index (χ0n) is 10.5. The Kier molecular flexibility index (Phi) is 4.11. The SMILES string of the molecule is Cc1cc(SC2CCCCCC2C#N)n(C)n1. The fourth-order valence-electron chi connectivity index (χ4n) is 2.41. The predicted molar refractivity (Wildman–Crippen MR) is 69.8 cm³/mol. The van der Waals surface area contributed by atoms with Crippen LogP contribution in [0.4, 0.5) is 0 Å². The summed E-state index contributed by atoms with van der Waals surface area (Å²) in [6.07, 6.45) is 5.96. The van der Waals surface area contributed by atoms with E-state index in [0.29, 0.717) is 5.25 Å². The topological polar surface area (TPSA) is 41.6 Å². The Morgan fingerprint density at radius 3 is 2.82 bits per heavy atom. The highest BCUT2D eigenvalue weighted by molar-refractivity contribution is 7.99. The molecule has 0 N–H and O–H groups in total. The van der Waals surface area contributed by atoms with Crippen LogP contribution in [0.3, 0.4) is 0 Å². The van der Waals surface area contributed by atoms with Gasteiger partial charge in [0.05, 0.1) is 22.7 Å². The van der Waals surface area contributed by atoms with Gasteiger partial charge in [-0.05, 0) is 25.8 Å². The number of aromatic nitrogens is 2. The molecular weight excluding hydrogens is 230 g/mol. The molecule has 0 amide bonds. The van der Waals surface area contributed by atoms with Crippen LogP contribution in [0.5, 0.6) is 0 Å². The molecule has 1 heterocycles. The first kappa shape index (κ1) is 12.5. The van der Waals surface area contributed by atoms with E-state index in [1.165, 1.54) is 24.3 Å². The first-order chi connectivity index (χ1) is 8.20. The molecule has 2 rings (SSSR count). The molecule has 1 aliphatic rings. The van der Waals surface area contributed by atoms with Crippen LogP contribution in [0.1, 0.15) is 37.8 Å². The monoisotopic (exact) mass is 249 g/mol.